The predicted molar refractivity (Wildman–Crippen MR) is 79.4 cm³/mol. The summed E-state index contributed by atoms with van der Waals surface area (Å²) in [5.41, 5.74) is 5.06. The second-order valence-corrected chi connectivity index (χ2v) is 6.51. The summed E-state index contributed by atoms with van der Waals surface area (Å²) in [6.07, 6.45) is 1.73. The standard InChI is InChI=1S/C17H23NO/c1-12(2)17(19)8-14-10-18(11-15(14)9-17)16-6-4-13(3)5-7-16/h4-7,12,19H,8-11H2,1-3H3. The highest BCUT2D eigenvalue weighted by atomic mass is 16.3. The quantitative estimate of drug-likeness (QED) is 0.822. The zero-order valence-electron chi connectivity index (χ0n) is 12.1. The van der Waals surface area contributed by atoms with Gasteiger partial charge in [0.15, 0.2) is 0 Å². The molecule has 1 aliphatic heterocycles. The van der Waals surface area contributed by atoms with E-state index >= 15 is 0 Å². The van der Waals surface area contributed by atoms with Crippen molar-refractivity contribution in [1.29, 1.82) is 0 Å². The summed E-state index contributed by atoms with van der Waals surface area (Å²) in [7, 11) is 0. The third kappa shape index (κ3) is 2.18. The highest BCUT2D eigenvalue weighted by Crippen LogP contribution is 2.43. The van der Waals surface area contributed by atoms with E-state index in [-0.39, 0.29) is 0 Å². The van der Waals surface area contributed by atoms with Crippen LogP contribution in [0.5, 0.6) is 0 Å². The van der Waals surface area contributed by atoms with Gasteiger partial charge in [0, 0.05) is 18.8 Å². The topological polar surface area (TPSA) is 23.5 Å². The fourth-order valence-electron chi connectivity index (χ4n) is 3.25. The van der Waals surface area contributed by atoms with Gasteiger partial charge in [-0.2, -0.15) is 0 Å². The largest absolute Gasteiger partial charge is 0.389 e. The lowest BCUT2D eigenvalue weighted by molar-refractivity contribution is 0.00401. The number of anilines is 1. The average Bonchev–Trinajstić information content (AvgIpc) is 2.85. The van der Waals surface area contributed by atoms with E-state index in [1.54, 1.807) is 0 Å². The lowest BCUT2D eigenvalue weighted by Crippen LogP contribution is -2.35. The van der Waals surface area contributed by atoms with E-state index in [0.29, 0.717) is 5.92 Å². The average molecular weight is 257 g/mol. The first-order valence-electron chi connectivity index (χ1n) is 7.22. The number of aliphatic hydroxyl groups is 1. The second-order valence-electron chi connectivity index (χ2n) is 6.51. The van der Waals surface area contributed by atoms with Crippen molar-refractivity contribution in [2.24, 2.45) is 5.92 Å². The fourth-order valence-corrected chi connectivity index (χ4v) is 3.25. The SMILES string of the molecule is Cc1ccc(N2CC3=C(C2)CC(O)(C(C)C)C3)cc1. The third-order valence-corrected chi connectivity index (χ3v) is 4.78. The molecule has 2 heteroatoms. The Morgan fingerprint density at radius 1 is 1.05 bits per heavy atom. The van der Waals surface area contributed by atoms with Crippen molar-refractivity contribution < 1.29 is 5.11 Å². The summed E-state index contributed by atoms with van der Waals surface area (Å²) in [6, 6.07) is 8.74. The van der Waals surface area contributed by atoms with Crippen LogP contribution in [0.2, 0.25) is 0 Å². The monoisotopic (exact) mass is 257 g/mol. The van der Waals surface area contributed by atoms with E-state index in [0.717, 1.165) is 25.9 Å². The third-order valence-electron chi connectivity index (χ3n) is 4.78. The maximum atomic E-state index is 10.6. The van der Waals surface area contributed by atoms with E-state index in [1.807, 2.05) is 0 Å². The van der Waals surface area contributed by atoms with Crippen molar-refractivity contribution in [3.8, 4) is 0 Å². The van der Waals surface area contributed by atoms with Crippen LogP contribution in [-0.2, 0) is 0 Å². The molecule has 0 radical (unpaired) electrons. The second kappa shape index (κ2) is 4.38. The maximum absolute atomic E-state index is 10.6. The Labute approximate surface area is 115 Å². The summed E-state index contributed by atoms with van der Waals surface area (Å²) in [4.78, 5) is 2.42. The zero-order chi connectivity index (χ0) is 13.6. The van der Waals surface area contributed by atoms with Gasteiger partial charge in [0.2, 0.25) is 0 Å². The van der Waals surface area contributed by atoms with E-state index in [4.69, 9.17) is 0 Å². The van der Waals surface area contributed by atoms with Crippen molar-refractivity contribution in [1.82, 2.24) is 0 Å². The first kappa shape index (κ1) is 12.7. The van der Waals surface area contributed by atoms with Crippen molar-refractivity contribution in [3.63, 3.8) is 0 Å². The molecule has 0 atom stereocenters. The normalized spacial score (nSPS) is 21.4. The molecule has 19 heavy (non-hydrogen) atoms. The van der Waals surface area contributed by atoms with Gasteiger partial charge in [-0.25, -0.2) is 0 Å². The Hall–Kier alpha value is -1.28. The molecule has 1 N–H and O–H groups in total. The minimum atomic E-state index is -0.482. The van der Waals surface area contributed by atoms with Gasteiger partial charge < -0.3 is 10.0 Å². The minimum Gasteiger partial charge on any atom is -0.389 e. The van der Waals surface area contributed by atoms with E-state index < -0.39 is 5.60 Å². The van der Waals surface area contributed by atoms with Gasteiger partial charge in [0.25, 0.3) is 0 Å². The summed E-state index contributed by atoms with van der Waals surface area (Å²) in [6.45, 7) is 8.36. The van der Waals surface area contributed by atoms with Crippen LogP contribution in [0.4, 0.5) is 5.69 Å². The van der Waals surface area contributed by atoms with Crippen molar-refractivity contribution in [2.75, 3.05) is 18.0 Å². The number of nitrogens with zero attached hydrogens (tertiary/aromatic N) is 1. The van der Waals surface area contributed by atoms with Crippen LogP contribution < -0.4 is 4.90 Å². The zero-order valence-corrected chi connectivity index (χ0v) is 12.1. The van der Waals surface area contributed by atoms with Gasteiger partial charge in [0.05, 0.1) is 5.60 Å². The van der Waals surface area contributed by atoms with Gasteiger partial charge in [-0.1, -0.05) is 31.5 Å². The molecule has 1 aliphatic carbocycles. The molecule has 0 bridgehead atoms. The molecular weight excluding hydrogens is 234 g/mol. The molecule has 2 aliphatic rings. The van der Waals surface area contributed by atoms with Crippen LogP contribution >= 0.6 is 0 Å². The van der Waals surface area contributed by atoms with Crippen LogP contribution in [0.15, 0.2) is 35.4 Å². The molecular formula is C17H23NO. The number of rotatable bonds is 2. The molecule has 0 amide bonds. The van der Waals surface area contributed by atoms with Crippen LogP contribution in [0.1, 0.15) is 32.3 Å². The molecule has 1 heterocycles. The first-order valence-corrected chi connectivity index (χ1v) is 7.22. The van der Waals surface area contributed by atoms with Crippen molar-refractivity contribution in [3.05, 3.63) is 41.0 Å². The predicted octanol–water partition coefficient (Wildman–Crippen LogP) is 3.29. The molecule has 0 saturated carbocycles. The fraction of sp³-hybridized carbons (Fsp3) is 0.529. The van der Waals surface area contributed by atoms with Crippen molar-refractivity contribution in [2.45, 2.75) is 39.2 Å². The minimum absolute atomic E-state index is 0.339. The lowest BCUT2D eigenvalue weighted by atomic mass is 9.86. The summed E-state index contributed by atoms with van der Waals surface area (Å²) >= 11 is 0. The molecule has 1 aromatic rings. The lowest BCUT2D eigenvalue weighted by Gasteiger charge is -2.31. The van der Waals surface area contributed by atoms with Gasteiger partial charge >= 0.3 is 0 Å². The Morgan fingerprint density at radius 2 is 1.58 bits per heavy atom. The Balaban J connectivity index is 1.71. The van der Waals surface area contributed by atoms with Crippen LogP contribution in [0.25, 0.3) is 0 Å². The molecule has 0 aromatic heterocycles. The van der Waals surface area contributed by atoms with Gasteiger partial charge in [-0.15, -0.1) is 0 Å². The first-order chi connectivity index (χ1) is 8.98. The van der Waals surface area contributed by atoms with E-state index in [9.17, 15) is 5.11 Å². The molecule has 0 saturated heterocycles. The molecule has 0 spiro atoms. The Morgan fingerprint density at radius 3 is 2.05 bits per heavy atom. The number of benzene rings is 1. The van der Waals surface area contributed by atoms with Crippen LogP contribution in [-0.4, -0.2) is 23.8 Å². The smallest absolute Gasteiger partial charge is 0.0745 e. The number of hydrogen-bond donors (Lipinski definition) is 1. The molecule has 1 aromatic carbocycles. The van der Waals surface area contributed by atoms with E-state index in [2.05, 4.69) is 49.9 Å². The van der Waals surface area contributed by atoms with Crippen LogP contribution in [0, 0.1) is 12.8 Å². The summed E-state index contributed by atoms with van der Waals surface area (Å²) in [5.74, 6) is 0.339. The Bertz CT molecular complexity index is 495. The molecule has 102 valence electrons. The van der Waals surface area contributed by atoms with Crippen LogP contribution in [0.3, 0.4) is 0 Å². The summed E-state index contributed by atoms with van der Waals surface area (Å²) < 4.78 is 0. The van der Waals surface area contributed by atoms with Gasteiger partial charge in [-0.05, 0) is 49.0 Å². The molecule has 0 unspecified atom stereocenters. The van der Waals surface area contributed by atoms with Gasteiger partial charge in [-0.3, -0.25) is 0 Å². The van der Waals surface area contributed by atoms with Crippen molar-refractivity contribution >= 4 is 5.69 Å². The molecule has 2 nitrogen and oxygen atoms in total. The van der Waals surface area contributed by atoms with E-state index in [1.165, 1.54) is 22.4 Å². The highest BCUT2D eigenvalue weighted by molar-refractivity contribution is 5.54. The molecule has 0 fully saturated rings. The Kier molecular flexibility index (Phi) is 2.94. The summed E-state index contributed by atoms with van der Waals surface area (Å²) in [5, 5.41) is 10.6. The molecule has 3 rings (SSSR count). The maximum Gasteiger partial charge on any atom is 0.0745 e. The highest BCUT2D eigenvalue weighted by Gasteiger charge is 2.42. The number of hydrogen-bond acceptors (Lipinski definition) is 2. The number of aryl methyl sites for hydroxylation is 1. The van der Waals surface area contributed by atoms with Gasteiger partial charge in [0.1, 0.15) is 0 Å².